The molecular weight excluding hydrogens is 132 g/mol. The zero-order chi connectivity index (χ0) is 5.28. The normalized spacial score (nSPS) is 16.8. The molecule has 0 aliphatic heterocycles. The quantitative estimate of drug-likeness (QED) is 0.455. The Morgan fingerprint density at radius 3 is 1.62 bits per heavy atom. The van der Waals surface area contributed by atoms with Crippen LogP contribution in [0.5, 0.6) is 0 Å². The third kappa shape index (κ3) is 1.98. The molecule has 0 unspecified atom stereocenters. The van der Waals surface area contributed by atoms with Gasteiger partial charge in [0.25, 0.3) is 0 Å². The van der Waals surface area contributed by atoms with Crippen LogP contribution in [-0.2, 0) is 21.7 Å². The minimum Gasteiger partial charge on any atom is -0.0693 e. The SMILES string of the molecule is CC1=CC=C(C)C1.[Ti]. The van der Waals surface area contributed by atoms with E-state index in [1.807, 2.05) is 0 Å². The van der Waals surface area contributed by atoms with Crippen LogP contribution in [0.25, 0.3) is 0 Å². The average molecular weight is 142 g/mol. The predicted molar refractivity (Wildman–Crippen MR) is 32.1 cm³/mol. The Balaban J connectivity index is 0.000000490. The first-order chi connectivity index (χ1) is 3.29. The monoisotopic (exact) mass is 142 g/mol. The fraction of sp³-hybridized carbons (Fsp3) is 0.429. The van der Waals surface area contributed by atoms with E-state index in [2.05, 4.69) is 26.0 Å². The molecule has 0 aromatic rings. The number of hydrogen-bond acceptors (Lipinski definition) is 0. The molecule has 0 N–H and O–H groups in total. The number of hydrogen-bond donors (Lipinski definition) is 0. The summed E-state index contributed by atoms with van der Waals surface area (Å²) in [4.78, 5) is 0. The average Bonchev–Trinajstić information content (AvgIpc) is 1.87. The molecule has 0 amide bonds. The first-order valence-electron chi connectivity index (χ1n) is 2.62. The Hall–Kier alpha value is 0.194. The number of allylic oxidation sites excluding steroid dienone is 4. The summed E-state index contributed by atoms with van der Waals surface area (Å²) in [5, 5.41) is 0. The Labute approximate surface area is 65.6 Å². The van der Waals surface area contributed by atoms with Gasteiger partial charge in [-0.05, 0) is 20.3 Å². The van der Waals surface area contributed by atoms with Gasteiger partial charge >= 0.3 is 0 Å². The Bertz CT molecular complexity index is 115. The predicted octanol–water partition coefficient (Wildman–Crippen LogP) is 2.28. The van der Waals surface area contributed by atoms with E-state index in [-0.39, 0.29) is 21.7 Å². The topological polar surface area (TPSA) is 0 Å². The van der Waals surface area contributed by atoms with Gasteiger partial charge in [-0.3, -0.25) is 0 Å². The second kappa shape index (κ2) is 3.27. The van der Waals surface area contributed by atoms with E-state index in [9.17, 15) is 0 Å². The van der Waals surface area contributed by atoms with Crippen molar-refractivity contribution >= 4 is 0 Å². The van der Waals surface area contributed by atoms with E-state index in [0.29, 0.717) is 0 Å². The molecule has 1 heteroatoms. The Morgan fingerprint density at radius 2 is 1.50 bits per heavy atom. The first kappa shape index (κ1) is 8.19. The van der Waals surface area contributed by atoms with Crippen LogP contribution < -0.4 is 0 Å². The summed E-state index contributed by atoms with van der Waals surface area (Å²) in [6.07, 6.45) is 5.55. The van der Waals surface area contributed by atoms with E-state index in [1.54, 1.807) is 0 Å². The van der Waals surface area contributed by atoms with E-state index in [1.165, 1.54) is 17.6 Å². The van der Waals surface area contributed by atoms with Crippen molar-refractivity contribution in [1.82, 2.24) is 0 Å². The second-order valence-corrected chi connectivity index (χ2v) is 2.20. The maximum absolute atomic E-state index is 2.18. The van der Waals surface area contributed by atoms with Crippen LogP contribution in [-0.4, -0.2) is 0 Å². The molecule has 0 saturated heterocycles. The minimum absolute atomic E-state index is 0. The summed E-state index contributed by atoms with van der Waals surface area (Å²) in [5.74, 6) is 0. The minimum atomic E-state index is 0. The van der Waals surface area contributed by atoms with Crippen LogP contribution in [0, 0.1) is 0 Å². The molecule has 1 aliphatic rings. The van der Waals surface area contributed by atoms with Gasteiger partial charge in [-0.25, -0.2) is 0 Å². The van der Waals surface area contributed by atoms with Crippen molar-refractivity contribution in [3.8, 4) is 0 Å². The van der Waals surface area contributed by atoms with Gasteiger partial charge in [0.2, 0.25) is 0 Å². The van der Waals surface area contributed by atoms with Crippen LogP contribution in [0.15, 0.2) is 23.3 Å². The summed E-state index contributed by atoms with van der Waals surface area (Å²) in [5.41, 5.74) is 2.97. The van der Waals surface area contributed by atoms with Crippen molar-refractivity contribution < 1.29 is 21.7 Å². The summed E-state index contributed by atoms with van der Waals surface area (Å²) in [6.45, 7) is 4.32. The van der Waals surface area contributed by atoms with Crippen molar-refractivity contribution in [1.29, 1.82) is 0 Å². The van der Waals surface area contributed by atoms with Gasteiger partial charge in [0.15, 0.2) is 0 Å². The van der Waals surface area contributed by atoms with Gasteiger partial charge in [-0.1, -0.05) is 23.3 Å². The van der Waals surface area contributed by atoms with Gasteiger partial charge < -0.3 is 0 Å². The molecule has 42 valence electrons. The second-order valence-electron chi connectivity index (χ2n) is 2.20. The molecule has 0 aromatic heterocycles. The van der Waals surface area contributed by atoms with Gasteiger partial charge in [0.05, 0.1) is 0 Å². The molecule has 1 rings (SSSR count). The Morgan fingerprint density at radius 1 is 1.12 bits per heavy atom. The molecule has 0 heterocycles. The van der Waals surface area contributed by atoms with Crippen LogP contribution in [0.3, 0.4) is 0 Å². The molecule has 8 heavy (non-hydrogen) atoms. The molecule has 0 radical (unpaired) electrons. The van der Waals surface area contributed by atoms with E-state index in [4.69, 9.17) is 0 Å². The summed E-state index contributed by atoms with van der Waals surface area (Å²) >= 11 is 0. The van der Waals surface area contributed by atoms with Crippen LogP contribution in [0.1, 0.15) is 20.3 Å². The Kier molecular flexibility index (Phi) is 3.34. The summed E-state index contributed by atoms with van der Waals surface area (Å²) in [6, 6.07) is 0. The molecule has 0 fully saturated rings. The fourth-order valence-corrected chi connectivity index (χ4v) is 0.842. The molecule has 0 spiro atoms. The van der Waals surface area contributed by atoms with Crippen molar-refractivity contribution in [3.05, 3.63) is 23.3 Å². The van der Waals surface area contributed by atoms with E-state index in [0.717, 1.165) is 0 Å². The van der Waals surface area contributed by atoms with Crippen LogP contribution in [0.4, 0.5) is 0 Å². The zero-order valence-corrected chi connectivity index (χ0v) is 6.92. The molecule has 0 atom stereocenters. The van der Waals surface area contributed by atoms with Gasteiger partial charge in [-0.15, -0.1) is 0 Å². The van der Waals surface area contributed by atoms with E-state index >= 15 is 0 Å². The third-order valence-electron chi connectivity index (χ3n) is 1.21. The van der Waals surface area contributed by atoms with Gasteiger partial charge in [0.1, 0.15) is 0 Å². The van der Waals surface area contributed by atoms with Crippen molar-refractivity contribution in [3.63, 3.8) is 0 Å². The van der Waals surface area contributed by atoms with Crippen molar-refractivity contribution in [2.75, 3.05) is 0 Å². The smallest absolute Gasteiger partial charge is 0 e. The molecule has 0 aromatic carbocycles. The van der Waals surface area contributed by atoms with Crippen molar-refractivity contribution in [2.24, 2.45) is 0 Å². The molecule has 1 aliphatic carbocycles. The fourth-order valence-electron chi connectivity index (χ4n) is 0.842. The van der Waals surface area contributed by atoms with Crippen molar-refractivity contribution in [2.45, 2.75) is 20.3 Å². The first-order valence-corrected chi connectivity index (χ1v) is 2.62. The standard InChI is InChI=1S/C7H10.Ti/c1-6-3-4-7(2)5-6;/h3-4H,5H2,1-2H3;. The molecule has 0 nitrogen and oxygen atoms in total. The zero-order valence-electron chi connectivity index (χ0n) is 5.36. The third-order valence-corrected chi connectivity index (χ3v) is 1.21. The largest absolute Gasteiger partial charge is 0.0693 e. The van der Waals surface area contributed by atoms with E-state index < -0.39 is 0 Å². The molecule has 0 bridgehead atoms. The summed E-state index contributed by atoms with van der Waals surface area (Å²) < 4.78 is 0. The summed E-state index contributed by atoms with van der Waals surface area (Å²) in [7, 11) is 0. The maximum atomic E-state index is 2.18. The van der Waals surface area contributed by atoms with Crippen LogP contribution >= 0.6 is 0 Å². The van der Waals surface area contributed by atoms with Gasteiger partial charge in [-0.2, -0.15) is 0 Å². The number of rotatable bonds is 0. The molecule has 0 saturated carbocycles. The molecular formula is C7H10Ti. The maximum Gasteiger partial charge on any atom is 0 e. The van der Waals surface area contributed by atoms with Crippen LogP contribution in [0.2, 0.25) is 0 Å². The van der Waals surface area contributed by atoms with Gasteiger partial charge in [0, 0.05) is 21.7 Å².